The Balaban J connectivity index is 1.87. The summed E-state index contributed by atoms with van der Waals surface area (Å²) in [6.45, 7) is 4.06. The Bertz CT molecular complexity index is 955. The van der Waals surface area contributed by atoms with Gasteiger partial charge in [0.1, 0.15) is 10.6 Å². The summed E-state index contributed by atoms with van der Waals surface area (Å²) < 4.78 is 58.5. The van der Waals surface area contributed by atoms with Crippen molar-refractivity contribution in [1.82, 2.24) is 9.62 Å². The predicted molar refractivity (Wildman–Crippen MR) is 104 cm³/mol. The number of hydrogen-bond donors (Lipinski definition) is 1. The van der Waals surface area contributed by atoms with Gasteiger partial charge in [0.15, 0.2) is 0 Å². The number of carbonyl (C=O) groups excluding carboxylic acids is 1. The lowest BCUT2D eigenvalue weighted by Gasteiger charge is -2.24. The normalized spacial score (nSPS) is 21.2. The minimum Gasteiger partial charge on any atom is -0.495 e. The zero-order valence-corrected chi connectivity index (χ0v) is 17.6. The molecule has 9 nitrogen and oxygen atoms in total. The van der Waals surface area contributed by atoms with E-state index in [4.69, 9.17) is 4.74 Å². The number of ether oxygens (including phenoxy) is 1. The summed E-state index contributed by atoms with van der Waals surface area (Å²) in [5.74, 6) is -0.788. The molecule has 2 heterocycles. The fourth-order valence-corrected chi connectivity index (χ4v) is 6.25. The van der Waals surface area contributed by atoms with E-state index in [0.29, 0.717) is 4.31 Å². The molecule has 0 bridgehead atoms. The second kappa shape index (κ2) is 7.97. The highest BCUT2D eigenvalue weighted by atomic mass is 32.2. The Morgan fingerprint density at radius 1 is 1.25 bits per heavy atom. The Morgan fingerprint density at radius 2 is 1.93 bits per heavy atom. The van der Waals surface area contributed by atoms with Crippen molar-refractivity contribution >= 4 is 31.6 Å². The summed E-state index contributed by atoms with van der Waals surface area (Å²) in [5, 5.41) is 0. The van der Waals surface area contributed by atoms with Crippen molar-refractivity contribution in [2.45, 2.75) is 37.1 Å². The number of carbonyl (C=O) groups is 1. The van der Waals surface area contributed by atoms with Gasteiger partial charge < -0.3 is 4.74 Å². The third-order valence-corrected chi connectivity index (χ3v) is 8.22. The lowest BCUT2D eigenvalue weighted by Crippen LogP contribution is -2.40. The summed E-state index contributed by atoms with van der Waals surface area (Å²) in [6, 6.07) is 3.93. The van der Waals surface area contributed by atoms with Crippen molar-refractivity contribution in [3.8, 4) is 5.75 Å². The van der Waals surface area contributed by atoms with E-state index in [1.165, 1.54) is 25.3 Å². The molecule has 0 aliphatic carbocycles. The van der Waals surface area contributed by atoms with Gasteiger partial charge in [0.2, 0.25) is 26.0 Å². The van der Waals surface area contributed by atoms with E-state index < -0.39 is 26.0 Å². The van der Waals surface area contributed by atoms with Gasteiger partial charge >= 0.3 is 0 Å². The molecule has 11 heteroatoms. The minimum atomic E-state index is -3.97. The molecule has 0 saturated carbocycles. The molecule has 1 atom stereocenters. The van der Waals surface area contributed by atoms with Gasteiger partial charge in [0, 0.05) is 19.0 Å². The number of hydrogen-bond acceptors (Lipinski definition) is 7. The molecule has 1 N–H and O–H groups in total. The van der Waals surface area contributed by atoms with Crippen LogP contribution in [0.15, 0.2) is 23.1 Å². The van der Waals surface area contributed by atoms with E-state index in [9.17, 15) is 21.6 Å². The maximum absolute atomic E-state index is 12.9. The smallest absolute Gasteiger partial charge is 0.244 e. The molecule has 0 radical (unpaired) electrons. The van der Waals surface area contributed by atoms with Crippen LogP contribution < -0.4 is 13.8 Å². The van der Waals surface area contributed by atoms with Crippen LogP contribution in [0.5, 0.6) is 5.75 Å². The van der Waals surface area contributed by atoms with Gasteiger partial charge in [-0.05, 0) is 51.1 Å². The van der Waals surface area contributed by atoms with E-state index >= 15 is 0 Å². The van der Waals surface area contributed by atoms with Crippen LogP contribution in [-0.4, -0.2) is 66.2 Å². The van der Waals surface area contributed by atoms with Gasteiger partial charge in [-0.1, -0.05) is 0 Å². The van der Waals surface area contributed by atoms with Crippen molar-refractivity contribution in [2.75, 3.05) is 36.8 Å². The minimum absolute atomic E-state index is 0.00346. The third-order valence-electron chi connectivity index (χ3n) is 5.08. The number of methoxy groups -OCH3 is 1. The molecule has 1 unspecified atom stereocenters. The van der Waals surface area contributed by atoms with Gasteiger partial charge in [-0.3, -0.25) is 9.69 Å². The van der Waals surface area contributed by atoms with Crippen molar-refractivity contribution < 1.29 is 26.4 Å². The van der Waals surface area contributed by atoms with Gasteiger partial charge in [-0.2, -0.15) is 0 Å². The first-order valence-electron chi connectivity index (χ1n) is 9.13. The first-order valence-corrected chi connectivity index (χ1v) is 12.2. The van der Waals surface area contributed by atoms with Crippen LogP contribution in [0.1, 0.15) is 26.2 Å². The average molecular weight is 432 g/mol. The number of nitrogens with one attached hydrogen (secondary N) is 1. The van der Waals surface area contributed by atoms with Crippen molar-refractivity contribution in [1.29, 1.82) is 0 Å². The zero-order chi connectivity index (χ0) is 20.5. The second-order valence-corrected chi connectivity index (χ2v) is 10.7. The van der Waals surface area contributed by atoms with Gasteiger partial charge in [0.05, 0.1) is 18.6 Å². The van der Waals surface area contributed by atoms with Crippen LogP contribution in [0.25, 0.3) is 0 Å². The number of likely N-dealkylation sites (tertiary alicyclic amines) is 1. The first kappa shape index (κ1) is 21.0. The molecule has 156 valence electrons. The number of nitrogens with zero attached hydrogens (tertiary/aromatic N) is 2. The molecule has 1 amide bonds. The Hall–Kier alpha value is -1.69. The Kier molecular flexibility index (Phi) is 5.99. The highest BCUT2D eigenvalue weighted by molar-refractivity contribution is 7.94. The molecule has 28 heavy (non-hydrogen) atoms. The molecule has 2 aliphatic rings. The predicted octanol–water partition coefficient (Wildman–Crippen LogP) is 0.524. The molecule has 1 aromatic rings. The third kappa shape index (κ3) is 4.17. The quantitative estimate of drug-likeness (QED) is 0.670. The highest BCUT2D eigenvalue weighted by Gasteiger charge is 2.37. The van der Waals surface area contributed by atoms with Crippen LogP contribution in [-0.2, 0) is 24.8 Å². The van der Waals surface area contributed by atoms with Crippen LogP contribution in [0.3, 0.4) is 0 Å². The van der Waals surface area contributed by atoms with Gasteiger partial charge in [-0.15, -0.1) is 0 Å². The molecule has 2 saturated heterocycles. The Morgan fingerprint density at radius 3 is 2.50 bits per heavy atom. The fraction of sp³-hybridized carbons (Fsp3) is 0.588. The standard InChI is InChI=1S/C17H25N3O6S2/c1-13(19-8-3-4-9-19)12-18-28(24,25)16-11-14(5-6-15(16)26-2)20-17(21)7-10-27(20,22)23/h5-6,11,13,18H,3-4,7-10,12H2,1-2H3. The van der Waals surface area contributed by atoms with Crippen molar-refractivity contribution in [3.05, 3.63) is 18.2 Å². The summed E-state index contributed by atoms with van der Waals surface area (Å²) in [6.07, 6.45) is 2.08. The van der Waals surface area contributed by atoms with E-state index in [1.54, 1.807) is 0 Å². The molecule has 0 aromatic heterocycles. The highest BCUT2D eigenvalue weighted by Crippen LogP contribution is 2.32. The topological polar surface area (TPSA) is 113 Å². The van der Waals surface area contributed by atoms with Crippen LogP contribution >= 0.6 is 0 Å². The molecular weight excluding hydrogens is 406 g/mol. The maximum atomic E-state index is 12.9. The van der Waals surface area contributed by atoms with E-state index in [2.05, 4.69) is 9.62 Å². The van der Waals surface area contributed by atoms with Gasteiger partial charge in [0.25, 0.3) is 0 Å². The van der Waals surface area contributed by atoms with E-state index in [-0.39, 0.29) is 41.1 Å². The number of sulfonamides is 2. The lowest BCUT2D eigenvalue weighted by atomic mass is 10.3. The summed E-state index contributed by atoms with van der Waals surface area (Å²) >= 11 is 0. The van der Waals surface area contributed by atoms with Crippen LogP contribution in [0, 0.1) is 0 Å². The molecule has 2 aliphatic heterocycles. The largest absolute Gasteiger partial charge is 0.495 e. The fourth-order valence-electron chi connectivity index (χ4n) is 3.49. The number of rotatable bonds is 7. The van der Waals surface area contributed by atoms with Gasteiger partial charge in [-0.25, -0.2) is 25.9 Å². The molecule has 1 aromatic carbocycles. The molecular formula is C17H25N3O6S2. The SMILES string of the molecule is COc1ccc(N2C(=O)CCS2(=O)=O)cc1S(=O)(=O)NCC(C)N1CCCC1. The maximum Gasteiger partial charge on any atom is 0.244 e. The van der Waals surface area contributed by atoms with Crippen molar-refractivity contribution in [2.24, 2.45) is 0 Å². The number of amides is 1. The lowest BCUT2D eigenvalue weighted by molar-refractivity contribution is -0.116. The molecule has 3 rings (SSSR count). The average Bonchev–Trinajstić information content (AvgIpc) is 3.27. The first-order chi connectivity index (χ1) is 13.2. The van der Waals surface area contributed by atoms with Crippen molar-refractivity contribution in [3.63, 3.8) is 0 Å². The van der Waals surface area contributed by atoms with E-state index in [1.807, 2.05) is 6.92 Å². The summed E-state index contributed by atoms with van der Waals surface area (Å²) in [4.78, 5) is 14.0. The zero-order valence-electron chi connectivity index (χ0n) is 15.9. The molecule has 0 spiro atoms. The number of benzene rings is 1. The summed E-state index contributed by atoms with van der Waals surface area (Å²) in [5.41, 5.74) is -0.00346. The monoisotopic (exact) mass is 431 g/mol. The number of anilines is 1. The summed E-state index contributed by atoms with van der Waals surface area (Å²) in [7, 11) is -6.42. The van der Waals surface area contributed by atoms with Crippen LogP contribution in [0.2, 0.25) is 0 Å². The molecule has 2 fully saturated rings. The van der Waals surface area contributed by atoms with E-state index in [0.717, 1.165) is 25.9 Å². The Labute approximate surface area is 165 Å². The van der Waals surface area contributed by atoms with Crippen LogP contribution in [0.4, 0.5) is 5.69 Å². The second-order valence-electron chi connectivity index (χ2n) is 7.00.